The van der Waals surface area contributed by atoms with Gasteiger partial charge >= 0.3 is 0 Å². The lowest BCUT2D eigenvalue weighted by Gasteiger charge is -2.13. The topological polar surface area (TPSA) is 105 Å². The number of nitrogens with zero attached hydrogens (tertiary/aromatic N) is 1. The molecule has 1 rings (SSSR count). The van der Waals surface area contributed by atoms with E-state index >= 15 is 0 Å². The quantitative estimate of drug-likeness (QED) is 0.529. The van der Waals surface area contributed by atoms with Gasteiger partial charge in [0.05, 0.1) is 11.9 Å². The third-order valence-electron chi connectivity index (χ3n) is 2.64. The maximum Gasteiger partial charge on any atom is 0.278 e. The van der Waals surface area contributed by atoms with Gasteiger partial charge in [0.2, 0.25) is 10.0 Å². The molecule has 2 N–H and O–H groups in total. The predicted octanol–water partition coefficient (Wildman–Crippen LogP) is -1.52. The highest BCUT2D eigenvalue weighted by Gasteiger charge is 2.23. The summed E-state index contributed by atoms with van der Waals surface area (Å²) in [5.74, 6) is -0.0760. The van der Waals surface area contributed by atoms with E-state index < -0.39 is 20.2 Å². The zero-order valence-electron chi connectivity index (χ0n) is 11.1. The molecule has 1 atom stereocenters. The van der Waals surface area contributed by atoms with E-state index in [-0.39, 0.29) is 24.9 Å². The van der Waals surface area contributed by atoms with Crippen LogP contribution in [0.15, 0.2) is 0 Å². The van der Waals surface area contributed by atoms with Crippen LogP contribution in [0, 0.1) is 0 Å². The van der Waals surface area contributed by atoms with Gasteiger partial charge in [0.15, 0.2) is 0 Å². The molecule has 1 saturated heterocycles. The summed E-state index contributed by atoms with van der Waals surface area (Å²) < 4.78 is 56.9. The third kappa shape index (κ3) is 6.15. The molecule has 19 heavy (non-hydrogen) atoms. The summed E-state index contributed by atoms with van der Waals surface area (Å²) in [5.41, 5.74) is 0. The Labute approximate surface area is 114 Å². The minimum Gasteiger partial charge on any atom is -0.377 e. The largest absolute Gasteiger partial charge is 0.377 e. The summed E-state index contributed by atoms with van der Waals surface area (Å²) in [7, 11) is -4.16. The molecule has 114 valence electrons. The molecule has 0 spiro atoms. The first-order valence-corrected chi connectivity index (χ1v) is 9.08. The Balaban J connectivity index is 2.28. The van der Waals surface area contributed by atoms with Gasteiger partial charge in [0.25, 0.3) is 10.2 Å². The van der Waals surface area contributed by atoms with Gasteiger partial charge in [-0.15, -0.1) is 0 Å². The van der Waals surface area contributed by atoms with Crippen LogP contribution in [0.2, 0.25) is 0 Å². The Morgan fingerprint density at radius 3 is 2.32 bits per heavy atom. The fourth-order valence-electron chi connectivity index (χ4n) is 1.60. The highest BCUT2D eigenvalue weighted by Crippen LogP contribution is 2.13. The molecule has 0 aromatic heterocycles. The molecule has 0 aromatic carbocycles. The summed E-state index contributed by atoms with van der Waals surface area (Å²) >= 11 is 0. The van der Waals surface area contributed by atoms with Crippen molar-refractivity contribution in [1.29, 1.82) is 0 Å². The average Bonchev–Trinajstić information content (AvgIpc) is 2.76. The molecule has 0 radical (unpaired) electrons. The molecule has 8 nitrogen and oxygen atoms in total. The van der Waals surface area contributed by atoms with Crippen LogP contribution in [-0.4, -0.2) is 66.8 Å². The van der Waals surface area contributed by atoms with Gasteiger partial charge < -0.3 is 4.74 Å². The molecule has 1 heterocycles. The van der Waals surface area contributed by atoms with Gasteiger partial charge in [-0.25, -0.2) is 17.9 Å². The lowest BCUT2D eigenvalue weighted by atomic mass is 10.3. The highest BCUT2D eigenvalue weighted by molar-refractivity contribution is 7.89. The summed E-state index contributed by atoms with van der Waals surface area (Å²) in [6.07, 6.45) is 1.37. The van der Waals surface area contributed by atoms with Crippen LogP contribution in [0.3, 0.4) is 0 Å². The minimum absolute atomic E-state index is 0.00523. The van der Waals surface area contributed by atoms with Crippen molar-refractivity contribution in [3.05, 3.63) is 0 Å². The fraction of sp³-hybridized carbons (Fsp3) is 1.00. The second kappa shape index (κ2) is 6.95. The van der Waals surface area contributed by atoms with Gasteiger partial charge in [-0.1, -0.05) is 0 Å². The second-order valence-electron chi connectivity index (χ2n) is 4.49. The number of nitrogens with one attached hydrogen (secondary N) is 2. The first-order valence-electron chi connectivity index (χ1n) is 5.99. The zero-order valence-corrected chi connectivity index (χ0v) is 12.8. The Morgan fingerprint density at radius 2 is 1.79 bits per heavy atom. The maximum absolute atomic E-state index is 11.7. The molecule has 0 amide bonds. The van der Waals surface area contributed by atoms with Crippen molar-refractivity contribution < 1.29 is 21.6 Å². The van der Waals surface area contributed by atoms with Gasteiger partial charge in [-0.3, -0.25) is 0 Å². The van der Waals surface area contributed by atoms with E-state index in [1.807, 2.05) is 0 Å². The third-order valence-corrected chi connectivity index (χ3v) is 5.63. The van der Waals surface area contributed by atoms with Crippen molar-refractivity contribution in [2.75, 3.05) is 39.5 Å². The van der Waals surface area contributed by atoms with Crippen molar-refractivity contribution >= 4 is 20.2 Å². The molecule has 0 unspecified atom stereocenters. The van der Waals surface area contributed by atoms with Crippen LogP contribution < -0.4 is 9.44 Å². The summed E-state index contributed by atoms with van der Waals surface area (Å²) in [4.78, 5) is 0. The molecule has 10 heteroatoms. The minimum atomic E-state index is -3.51. The van der Waals surface area contributed by atoms with Crippen LogP contribution in [0.25, 0.3) is 0 Å². The van der Waals surface area contributed by atoms with Gasteiger partial charge in [-0.05, 0) is 12.8 Å². The SMILES string of the molecule is CN(C)S(=O)(=O)NCCNS(=O)(=O)C[C@H]1CCCO1. The van der Waals surface area contributed by atoms with Crippen molar-refractivity contribution in [2.45, 2.75) is 18.9 Å². The van der Waals surface area contributed by atoms with Crippen molar-refractivity contribution in [3.63, 3.8) is 0 Å². The highest BCUT2D eigenvalue weighted by atomic mass is 32.2. The van der Waals surface area contributed by atoms with Crippen LogP contribution in [-0.2, 0) is 25.0 Å². The fourth-order valence-corrected chi connectivity index (χ4v) is 3.50. The standard InChI is InChI=1S/C9H21N3O5S2/c1-12(2)19(15,16)11-6-5-10-18(13,14)8-9-4-3-7-17-9/h9-11H,3-8H2,1-2H3/t9-/m1/s1. The van der Waals surface area contributed by atoms with E-state index in [0.717, 1.165) is 17.1 Å². The molecule has 0 bridgehead atoms. The Morgan fingerprint density at radius 1 is 1.16 bits per heavy atom. The Kier molecular flexibility index (Phi) is 6.15. The molecular weight excluding hydrogens is 294 g/mol. The average molecular weight is 315 g/mol. The Hall–Kier alpha value is -0.260. The first-order chi connectivity index (χ1) is 8.73. The van der Waals surface area contributed by atoms with E-state index in [2.05, 4.69) is 9.44 Å². The van der Waals surface area contributed by atoms with E-state index in [4.69, 9.17) is 4.74 Å². The van der Waals surface area contributed by atoms with E-state index in [1.54, 1.807) is 0 Å². The zero-order chi connectivity index (χ0) is 14.5. The van der Waals surface area contributed by atoms with Crippen LogP contribution in [0.5, 0.6) is 0 Å². The predicted molar refractivity (Wildman–Crippen MR) is 71.4 cm³/mol. The Bertz CT molecular complexity index is 468. The molecule has 0 aliphatic carbocycles. The van der Waals surface area contributed by atoms with Gasteiger partial charge in [-0.2, -0.15) is 12.7 Å². The van der Waals surface area contributed by atoms with Gasteiger partial charge in [0, 0.05) is 33.8 Å². The van der Waals surface area contributed by atoms with Gasteiger partial charge in [0.1, 0.15) is 0 Å². The maximum atomic E-state index is 11.7. The second-order valence-corrected chi connectivity index (χ2v) is 8.31. The normalized spacial score (nSPS) is 21.1. The van der Waals surface area contributed by atoms with E-state index in [1.165, 1.54) is 14.1 Å². The lowest BCUT2D eigenvalue weighted by Crippen LogP contribution is -2.41. The molecule has 1 aliphatic rings. The molecule has 0 saturated carbocycles. The first kappa shape index (κ1) is 16.8. The van der Waals surface area contributed by atoms with Crippen molar-refractivity contribution in [2.24, 2.45) is 0 Å². The van der Waals surface area contributed by atoms with Crippen LogP contribution >= 0.6 is 0 Å². The molecule has 0 aromatic rings. The number of sulfonamides is 1. The summed E-state index contributed by atoms with van der Waals surface area (Å²) in [5, 5.41) is 0. The summed E-state index contributed by atoms with van der Waals surface area (Å²) in [6.45, 7) is 0.621. The van der Waals surface area contributed by atoms with Crippen LogP contribution in [0.4, 0.5) is 0 Å². The monoisotopic (exact) mass is 315 g/mol. The molecule has 1 aliphatic heterocycles. The number of hydrogen-bond donors (Lipinski definition) is 2. The lowest BCUT2D eigenvalue weighted by molar-refractivity contribution is 0.127. The van der Waals surface area contributed by atoms with E-state index in [9.17, 15) is 16.8 Å². The number of hydrogen-bond acceptors (Lipinski definition) is 5. The molecule has 1 fully saturated rings. The summed E-state index contributed by atoms with van der Waals surface area (Å²) in [6, 6.07) is 0. The number of ether oxygens (including phenoxy) is 1. The number of rotatable bonds is 8. The van der Waals surface area contributed by atoms with Crippen LogP contribution in [0.1, 0.15) is 12.8 Å². The van der Waals surface area contributed by atoms with Crippen molar-refractivity contribution in [3.8, 4) is 0 Å². The van der Waals surface area contributed by atoms with Crippen molar-refractivity contribution in [1.82, 2.24) is 13.7 Å². The molecular formula is C9H21N3O5S2. The smallest absolute Gasteiger partial charge is 0.278 e. The van der Waals surface area contributed by atoms with E-state index in [0.29, 0.717) is 6.61 Å².